The lowest BCUT2D eigenvalue weighted by Crippen LogP contribution is -2.47. The molecule has 0 aliphatic carbocycles. The molecule has 0 radical (unpaired) electrons. The minimum atomic E-state index is -0.319. The number of methoxy groups -OCH3 is 1. The molecule has 0 bridgehead atoms. The molecule has 2 aromatic carbocycles. The molecule has 2 aliphatic heterocycles. The van der Waals surface area contributed by atoms with E-state index in [1.54, 1.807) is 43.5 Å². The van der Waals surface area contributed by atoms with Crippen molar-refractivity contribution >= 4 is 34.7 Å². The number of carbonyl (C=O) groups excluding carboxylic acids is 2. The van der Waals surface area contributed by atoms with E-state index in [0.29, 0.717) is 46.4 Å². The van der Waals surface area contributed by atoms with Gasteiger partial charge in [0.1, 0.15) is 11.4 Å². The van der Waals surface area contributed by atoms with Crippen molar-refractivity contribution in [2.24, 2.45) is 0 Å². The summed E-state index contributed by atoms with van der Waals surface area (Å²) in [6, 6.07) is 14.0. The van der Waals surface area contributed by atoms with Crippen LogP contribution < -0.4 is 9.64 Å². The smallest absolute Gasteiger partial charge is 0.282 e. The third kappa shape index (κ3) is 3.68. The van der Waals surface area contributed by atoms with Crippen LogP contribution in [0.2, 0.25) is 5.02 Å². The number of likely N-dealkylation sites (N-methyl/N-ethyl adjacent to an activating group) is 1. The van der Waals surface area contributed by atoms with Crippen molar-refractivity contribution in [1.29, 1.82) is 0 Å². The minimum absolute atomic E-state index is 0.293. The van der Waals surface area contributed by atoms with Crippen molar-refractivity contribution in [3.8, 4) is 5.75 Å². The fourth-order valence-corrected chi connectivity index (χ4v) is 4.07. The van der Waals surface area contributed by atoms with Crippen LogP contribution in [0.3, 0.4) is 0 Å². The first-order valence-corrected chi connectivity index (χ1v) is 10.4. The number of piperazine rings is 1. The number of ether oxygens (including phenoxy) is 1. The van der Waals surface area contributed by atoms with Crippen molar-refractivity contribution in [2.75, 3.05) is 44.7 Å². The number of imide groups is 1. The van der Waals surface area contributed by atoms with Gasteiger partial charge < -0.3 is 14.5 Å². The highest BCUT2D eigenvalue weighted by molar-refractivity contribution is 6.45. The Balaban J connectivity index is 1.76. The van der Waals surface area contributed by atoms with Crippen molar-refractivity contribution in [2.45, 2.75) is 6.92 Å². The number of benzene rings is 2. The van der Waals surface area contributed by atoms with Crippen LogP contribution in [0.25, 0.3) is 5.57 Å². The quantitative estimate of drug-likeness (QED) is 0.688. The molecule has 6 nitrogen and oxygen atoms in total. The maximum absolute atomic E-state index is 13.5. The number of rotatable bonds is 5. The average Bonchev–Trinajstić information content (AvgIpc) is 3.04. The molecule has 2 heterocycles. The zero-order valence-corrected chi connectivity index (χ0v) is 17.9. The summed E-state index contributed by atoms with van der Waals surface area (Å²) in [6.07, 6.45) is 0. The Labute approximate surface area is 181 Å². The molecule has 0 atom stereocenters. The fraction of sp³-hybridized carbons (Fsp3) is 0.304. The second kappa shape index (κ2) is 8.50. The monoisotopic (exact) mass is 425 g/mol. The molecule has 7 heteroatoms. The van der Waals surface area contributed by atoms with Gasteiger partial charge in [-0.05, 0) is 48.5 Å². The highest BCUT2D eigenvalue weighted by Gasteiger charge is 2.43. The Morgan fingerprint density at radius 2 is 1.53 bits per heavy atom. The van der Waals surface area contributed by atoms with Crippen molar-refractivity contribution in [3.05, 3.63) is 64.8 Å². The number of anilines is 1. The van der Waals surface area contributed by atoms with E-state index in [1.165, 1.54) is 4.90 Å². The van der Waals surface area contributed by atoms with Crippen molar-refractivity contribution < 1.29 is 14.3 Å². The molecule has 1 saturated heterocycles. The van der Waals surface area contributed by atoms with Gasteiger partial charge in [-0.25, -0.2) is 4.90 Å². The molecule has 2 aliphatic rings. The van der Waals surface area contributed by atoms with Crippen LogP contribution in [0.1, 0.15) is 12.5 Å². The highest BCUT2D eigenvalue weighted by Crippen LogP contribution is 2.36. The first-order chi connectivity index (χ1) is 14.5. The second-order valence-electron chi connectivity index (χ2n) is 7.30. The number of nitrogens with zero attached hydrogens (tertiary/aromatic N) is 3. The lowest BCUT2D eigenvalue weighted by molar-refractivity contribution is -0.120. The summed E-state index contributed by atoms with van der Waals surface area (Å²) in [5, 5.41) is 0.553. The topological polar surface area (TPSA) is 53.1 Å². The molecule has 0 spiro atoms. The summed E-state index contributed by atoms with van der Waals surface area (Å²) < 4.78 is 5.24. The molecular formula is C23H24ClN3O3. The lowest BCUT2D eigenvalue weighted by atomic mass is 10.0. The molecule has 0 aromatic heterocycles. The van der Waals surface area contributed by atoms with E-state index in [1.807, 2.05) is 17.0 Å². The Hall–Kier alpha value is -2.83. The predicted octanol–water partition coefficient (Wildman–Crippen LogP) is 3.27. The molecule has 0 unspecified atom stereocenters. The Bertz CT molecular complexity index is 978. The average molecular weight is 426 g/mol. The van der Waals surface area contributed by atoms with Crippen LogP contribution in [0.4, 0.5) is 5.69 Å². The van der Waals surface area contributed by atoms with E-state index < -0.39 is 0 Å². The van der Waals surface area contributed by atoms with Crippen LogP contribution in [0.15, 0.2) is 54.2 Å². The Kier molecular flexibility index (Phi) is 5.79. The summed E-state index contributed by atoms with van der Waals surface area (Å²) in [7, 11) is 1.60. The number of hydrogen-bond acceptors (Lipinski definition) is 5. The van der Waals surface area contributed by atoms with Gasteiger partial charge in [-0.1, -0.05) is 30.7 Å². The van der Waals surface area contributed by atoms with Gasteiger partial charge in [0.25, 0.3) is 11.8 Å². The van der Waals surface area contributed by atoms with Gasteiger partial charge in [0.15, 0.2) is 0 Å². The number of amides is 2. The van der Waals surface area contributed by atoms with E-state index in [0.717, 1.165) is 19.6 Å². The highest BCUT2D eigenvalue weighted by atomic mass is 35.5. The minimum Gasteiger partial charge on any atom is -0.497 e. The third-order valence-electron chi connectivity index (χ3n) is 5.66. The van der Waals surface area contributed by atoms with Gasteiger partial charge in [-0.15, -0.1) is 0 Å². The van der Waals surface area contributed by atoms with Gasteiger partial charge in [-0.3, -0.25) is 9.59 Å². The van der Waals surface area contributed by atoms with Crippen molar-refractivity contribution in [3.63, 3.8) is 0 Å². The molecule has 30 heavy (non-hydrogen) atoms. The summed E-state index contributed by atoms with van der Waals surface area (Å²) in [6.45, 7) is 6.23. The molecule has 0 N–H and O–H groups in total. The van der Waals surface area contributed by atoms with E-state index in [9.17, 15) is 9.59 Å². The van der Waals surface area contributed by atoms with E-state index in [2.05, 4.69) is 11.8 Å². The Morgan fingerprint density at radius 1 is 0.900 bits per heavy atom. The molecule has 156 valence electrons. The standard InChI is InChI=1S/C23H24ClN3O3/c1-3-25-12-14-26(15-13-25)21-20(16-4-10-19(30-2)11-5-16)22(28)27(23(21)29)18-8-6-17(24)7-9-18/h4-11H,3,12-15H2,1-2H3. The van der Waals surface area contributed by atoms with Crippen LogP contribution >= 0.6 is 11.6 Å². The van der Waals surface area contributed by atoms with Gasteiger partial charge in [-0.2, -0.15) is 0 Å². The molecular weight excluding hydrogens is 402 g/mol. The zero-order chi connectivity index (χ0) is 21.3. The molecule has 2 aromatic rings. The lowest BCUT2D eigenvalue weighted by Gasteiger charge is -2.36. The summed E-state index contributed by atoms with van der Waals surface area (Å²) in [4.78, 5) is 32.6. The maximum Gasteiger partial charge on any atom is 0.282 e. The van der Waals surface area contributed by atoms with Crippen LogP contribution in [-0.2, 0) is 9.59 Å². The van der Waals surface area contributed by atoms with Crippen LogP contribution in [0.5, 0.6) is 5.75 Å². The van der Waals surface area contributed by atoms with E-state index >= 15 is 0 Å². The number of halogens is 1. The second-order valence-corrected chi connectivity index (χ2v) is 7.73. The maximum atomic E-state index is 13.5. The molecule has 1 fully saturated rings. The van der Waals surface area contributed by atoms with Gasteiger partial charge in [0, 0.05) is 31.2 Å². The first-order valence-electron chi connectivity index (χ1n) is 10.0. The fourth-order valence-electron chi connectivity index (χ4n) is 3.94. The van der Waals surface area contributed by atoms with Crippen LogP contribution in [0, 0.1) is 0 Å². The number of hydrogen-bond donors (Lipinski definition) is 0. The van der Waals surface area contributed by atoms with Gasteiger partial charge >= 0.3 is 0 Å². The van der Waals surface area contributed by atoms with Gasteiger partial charge in [0.2, 0.25) is 0 Å². The van der Waals surface area contributed by atoms with Crippen LogP contribution in [-0.4, -0.2) is 61.4 Å². The predicted molar refractivity (Wildman–Crippen MR) is 118 cm³/mol. The first kappa shape index (κ1) is 20.4. The largest absolute Gasteiger partial charge is 0.497 e. The van der Waals surface area contributed by atoms with E-state index in [-0.39, 0.29) is 11.8 Å². The summed E-state index contributed by atoms with van der Waals surface area (Å²) >= 11 is 6.00. The number of carbonyl (C=O) groups is 2. The summed E-state index contributed by atoms with van der Waals surface area (Å²) in [5.74, 6) is 0.0855. The summed E-state index contributed by atoms with van der Waals surface area (Å²) in [5.41, 5.74) is 2.12. The SMILES string of the molecule is CCN1CCN(C2=C(c3ccc(OC)cc3)C(=O)N(c3ccc(Cl)cc3)C2=O)CC1. The van der Waals surface area contributed by atoms with Gasteiger partial charge in [0.05, 0.1) is 18.4 Å². The Morgan fingerprint density at radius 3 is 2.10 bits per heavy atom. The molecule has 4 rings (SSSR count). The normalized spacial score (nSPS) is 17.8. The van der Waals surface area contributed by atoms with E-state index in [4.69, 9.17) is 16.3 Å². The molecule has 0 saturated carbocycles. The third-order valence-corrected chi connectivity index (χ3v) is 5.91. The molecule has 2 amide bonds. The van der Waals surface area contributed by atoms with Crippen molar-refractivity contribution in [1.82, 2.24) is 9.80 Å². The zero-order valence-electron chi connectivity index (χ0n) is 17.1.